The number of hydrogen-bond donors (Lipinski definition) is 1. The number of hydrogen-bond acceptors (Lipinski definition) is 5. The Kier molecular flexibility index (Phi) is 5.42. The van der Waals surface area contributed by atoms with Crippen LogP contribution in [0.1, 0.15) is 29.5 Å². The third kappa shape index (κ3) is 3.63. The number of likely N-dealkylation sites (tertiary alicyclic amines) is 1. The number of nitrogens with two attached hydrogens (primary N) is 1. The summed E-state index contributed by atoms with van der Waals surface area (Å²) in [5.41, 5.74) is 6.97. The molecule has 2 aromatic carbocycles. The number of aliphatic imine (C=N–C) groups is 1. The summed E-state index contributed by atoms with van der Waals surface area (Å²) in [4.78, 5) is 21.6. The first-order valence-electron chi connectivity index (χ1n) is 9.91. The standard InChI is InChI=1S/C22H24F2N4O2/c1-27-19(29)22(26-21(27)25,16-7-9-18(10-8-16)30-20(23)24)17-6-4-5-15(13-17)14-28-11-2-3-12-28/h4-10,13,20H,2-3,11-12,14H2,1H3,(H2,25,26). The summed E-state index contributed by atoms with van der Waals surface area (Å²) in [6.07, 6.45) is 2.39. The molecule has 0 aliphatic carbocycles. The van der Waals surface area contributed by atoms with Gasteiger partial charge in [0, 0.05) is 13.6 Å². The van der Waals surface area contributed by atoms with Gasteiger partial charge in [-0.25, -0.2) is 4.99 Å². The SMILES string of the molecule is CN1C(=O)C(c2ccc(OC(F)F)cc2)(c2cccc(CN3CCCC3)c2)N=C1N. The fourth-order valence-corrected chi connectivity index (χ4v) is 4.16. The highest BCUT2D eigenvalue weighted by Gasteiger charge is 2.49. The molecule has 1 fully saturated rings. The van der Waals surface area contributed by atoms with E-state index in [0.717, 1.165) is 25.2 Å². The minimum Gasteiger partial charge on any atom is -0.435 e. The van der Waals surface area contributed by atoms with Crippen LogP contribution in [0.3, 0.4) is 0 Å². The number of carbonyl (C=O) groups is 1. The highest BCUT2D eigenvalue weighted by Crippen LogP contribution is 2.40. The largest absolute Gasteiger partial charge is 0.435 e. The highest BCUT2D eigenvalue weighted by molar-refractivity contribution is 6.08. The predicted octanol–water partition coefficient (Wildman–Crippen LogP) is 2.91. The summed E-state index contributed by atoms with van der Waals surface area (Å²) in [6, 6.07) is 13.8. The maximum absolute atomic E-state index is 13.3. The highest BCUT2D eigenvalue weighted by atomic mass is 19.3. The second-order valence-electron chi connectivity index (χ2n) is 7.63. The van der Waals surface area contributed by atoms with Crippen molar-refractivity contribution in [3.63, 3.8) is 0 Å². The minimum atomic E-state index is -2.92. The first-order valence-corrected chi connectivity index (χ1v) is 9.91. The average Bonchev–Trinajstić information content (AvgIpc) is 3.31. The zero-order chi connectivity index (χ0) is 21.3. The van der Waals surface area contributed by atoms with Gasteiger partial charge in [-0.1, -0.05) is 36.4 Å². The molecule has 0 aromatic heterocycles. The van der Waals surface area contributed by atoms with Gasteiger partial charge in [-0.05, 0) is 54.8 Å². The van der Waals surface area contributed by atoms with E-state index in [2.05, 4.69) is 14.6 Å². The van der Waals surface area contributed by atoms with Crippen molar-refractivity contribution in [1.29, 1.82) is 0 Å². The summed E-state index contributed by atoms with van der Waals surface area (Å²) < 4.78 is 29.5. The number of rotatable bonds is 6. The Hall–Kier alpha value is -3.00. The minimum absolute atomic E-state index is 0.0161. The van der Waals surface area contributed by atoms with Crippen LogP contribution in [0.15, 0.2) is 53.5 Å². The molecule has 2 aliphatic rings. The Morgan fingerprint density at radius 1 is 1.13 bits per heavy atom. The van der Waals surface area contributed by atoms with Gasteiger partial charge >= 0.3 is 6.61 Å². The fraction of sp³-hybridized carbons (Fsp3) is 0.364. The van der Waals surface area contributed by atoms with Crippen LogP contribution in [0.2, 0.25) is 0 Å². The second kappa shape index (κ2) is 8.02. The van der Waals surface area contributed by atoms with Gasteiger partial charge in [0.2, 0.25) is 0 Å². The number of benzene rings is 2. The van der Waals surface area contributed by atoms with E-state index in [1.807, 2.05) is 24.3 Å². The zero-order valence-electron chi connectivity index (χ0n) is 16.7. The molecule has 1 saturated heterocycles. The van der Waals surface area contributed by atoms with E-state index in [4.69, 9.17) is 5.73 Å². The molecule has 0 bridgehead atoms. The van der Waals surface area contributed by atoms with Crippen molar-refractivity contribution in [3.8, 4) is 5.75 Å². The Bertz CT molecular complexity index is 958. The van der Waals surface area contributed by atoms with E-state index in [9.17, 15) is 13.6 Å². The van der Waals surface area contributed by atoms with Crippen LogP contribution in [0.5, 0.6) is 5.75 Å². The molecule has 1 amide bonds. The number of nitrogens with zero attached hydrogens (tertiary/aromatic N) is 3. The van der Waals surface area contributed by atoms with Crippen LogP contribution in [-0.2, 0) is 16.9 Å². The summed E-state index contributed by atoms with van der Waals surface area (Å²) >= 11 is 0. The number of ether oxygens (including phenoxy) is 1. The van der Waals surface area contributed by atoms with Crippen molar-refractivity contribution in [2.45, 2.75) is 31.5 Å². The molecule has 158 valence electrons. The van der Waals surface area contributed by atoms with Crippen molar-refractivity contribution >= 4 is 11.9 Å². The van der Waals surface area contributed by atoms with Crippen molar-refractivity contribution in [3.05, 3.63) is 65.2 Å². The molecule has 30 heavy (non-hydrogen) atoms. The van der Waals surface area contributed by atoms with Gasteiger partial charge < -0.3 is 10.5 Å². The molecule has 2 heterocycles. The zero-order valence-corrected chi connectivity index (χ0v) is 16.7. The Balaban J connectivity index is 1.75. The van der Waals surface area contributed by atoms with Gasteiger partial charge in [-0.2, -0.15) is 8.78 Å². The molecule has 2 aromatic rings. The third-order valence-electron chi connectivity index (χ3n) is 5.69. The summed E-state index contributed by atoms with van der Waals surface area (Å²) in [6.45, 7) is 0.00970. The second-order valence-corrected chi connectivity index (χ2v) is 7.63. The van der Waals surface area contributed by atoms with Crippen LogP contribution in [0, 0.1) is 0 Å². The molecule has 4 rings (SSSR count). The molecule has 6 nitrogen and oxygen atoms in total. The van der Waals surface area contributed by atoms with Gasteiger partial charge in [0.05, 0.1) is 0 Å². The molecule has 2 N–H and O–H groups in total. The van der Waals surface area contributed by atoms with Gasteiger partial charge in [-0.3, -0.25) is 14.6 Å². The van der Waals surface area contributed by atoms with Crippen LogP contribution < -0.4 is 10.5 Å². The lowest BCUT2D eigenvalue weighted by molar-refractivity contribution is -0.129. The normalized spacial score (nSPS) is 22.1. The quantitative estimate of drug-likeness (QED) is 0.789. The van der Waals surface area contributed by atoms with Crippen molar-refractivity contribution in [2.24, 2.45) is 10.7 Å². The van der Waals surface area contributed by atoms with E-state index >= 15 is 0 Å². The summed E-state index contributed by atoms with van der Waals surface area (Å²) in [7, 11) is 1.57. The maximum Gasteiger partial charge on any atom is 0.387 e. The molecular formula is C22H24F2N4O2. The first-order chi connectivity index (χ1) is 14.4. The molecule has 1 unspecified atom stereocenters. The number of likely N-dealkylation sites (N-methyl/N-ethyl adjacent to an activating group) is 1. The van der Waals surface area contributed by atoms with Gasteiger partial charge in [0.25, 0.3) is 5.91 Å². The third-order valence-corrected chi connectivity index (χ3v) is 5.69. The van der Waals surface area contributed by atoms with E-state index < -0.39 is 12.2 Å². The molecule has 0 spiro atoms. The molecule has 2 aliphatic heterocycles. The Morgan fingerprint density at radius 3 is 2.43 bits per heavy atom. The van der Waals surface area contributed by atoms with Gasteiger partial charge in [-0.15, -0.1) is 0 Å². The average molecular weight is 414 g/mol. The number of amides is 1. The van der Waals surface area contributed by atoms with Crippen molar-refractivity contribution in [2.75, 3.05) is 20.1 Å². The van der Waals surface area contributed by atoms with Gasteiger partial charge in [0.15, 0.2) is 11.5 Å². The fourth-order valence-electron chi connectivity index (χ4n) is 4.16. The molecule has 0 radical (unpaired) electrons. The lowest BCUT2D eigenvalue weighted by Crippen LogP contribution is -2.41. The number of guanidine groups is 1. The number of halogens is 2. The van der Waals surface area contributed by atoms with Crippen LogP contribution in [-0.4, -0.2) is 48.4 Å². The number of carbonyl (C=O) groups excluding carboxylic acids is 1. The van der Waals surface area contributed by atoms with Crippen LogP contribution in [0.4, 0.5) is 8.78 Å². The van der Waals surface area contributed by atoms with Crippen LogP contribution >= 0.6 is 0 Å². The topological polar surface area (TPSA) is 71.2 Å². The Morgan fingerprint density at radius 2 is 1.83 bits per heavy atom. The molecular weight excluding hydrogens is 390 g/mol. The summed E-state index contributed by atoms with van der Waals surface area (Å²) in [5, 5.41) is 0. The molecule has 0 saturated carbocycles. The monoisotopic (exact) mass is 414 g/mol. The molecule has 1 atom stereocenters. The number of alkyl halides is 2. The van der Waals surface area contributed by atoms with E-state index in [1.54, 1.807) is 19.2 Å². The van der Waals surface area contributed by atoms with Crippen LogP contribution in [0.25, 0.3) is 0 Å². The maximum atomic E-state index is 13.3. The predicted molar refractivity (Wildman–Crippen MR) is 109 cm³/mol. The van der Waals surface area contributed by atoms with Crippen molar-refractivity contribution < 1.29 is 18.3 Å². The first kappa shape index (κ1) is 20.3. The Labute approximate surface area is 173 Å². The smallest absolute Gasteiger partial charge is 0.387 e. The van der Waals surface area contributed by atoms with Crippen molar-refractivity contribution in [1.82, 2.24) is 9.80 Å². The van der Waals surface area contributed by atoms with Gasteiger partial charge in [0.1, 0.15) is 5.75 Å². The van der Waals surface area contributed by atoms with E-state index in [1.165, 1.54) is 29.9 Å². The lowest BCUT2D eigenvalue weighted by atomic mass is 9.82. The lowest BCUT2D eigenvalue weighted by Gasteiger charge is -2.27. The molecule has 8 heteroatoms. The van der Waals surface area contributed by atoms with E-state index in [0.29, 0.717) is 11.1 Å². The van der Waals surface area contributed by atoms with E-state index in [-0.39, 0.29) is 17.6 Å². The summed E-state index contributed by atoms with van der Waals surface area (Å²) in [5.74, 6) is -0.166.